The van der Waals surface area contributed by atoms with Crippen molar-refractivity contribution in [2.24, 2.45) is 10.4 Å². The van der Waals surface area contributed by atoms with E-state index in [1.807, 2.05) is 0 Å². The Hall–Kier alpha value is -0.860. The molecule has 0 bridgehead atoms. The van der Waals surface area contributed by atoms with Gasteiger partial charge >= 0.3 is 0 Å². The van der Waals surface area contributed by atoms with Gasteiger partial charge in [-0.3, -0.25) is 9.89 Å². The van der Waals surface area contributed by atoms with Crippen LogP contribution in [0.5, 0.6) is 0 Å². The first-order valence-electron chi connectivity index (χ1n) is 11.0. The fourth-order valence-electron chi connectivity index (χ4n) is 4.10. The maximum absolute atomic E-state index is 5.56. The van der Waals surface area contributed by atoms with Crippen LogP contribution in [0.2, 0.25) is 0 Å². The lowest BCUT2D eigenvalue weighted by Crippen LogP contribution is -2.44. The average Bonchev–Trinajstić information content (AvgIpc) is 3.38. The van der Waals surface area contributed by atoms with E-state index in [2.05, 4.69) is 66.6 Å². The minimum Gasteiger partial charge on any atom is -0.382 e. The summed E-state index contributed by atoms with van der Waals surface area (Å²) in [7, 11) is 0. The number of benzene rings is 1. The molecular weight excluding hydrogens is 475 g/mol. The van der Waals surface area contributed by atoms with Crippen LogP contribution in [-0.4, -0.2) is 55.8 Å². The van der Waals surface area contributed by atoms with Crippen molar-refractivity contribution >= 4 is 29.9 Å². The van der Waals surface area contributed by atoms with Crippen molar-refractivity contribution in [2.75, 3.05) is 32.8 Å². The van der Waals surface area contributed by atoms with E-state index in [0.717, 1.165) is 58.2 Å². The molecule has 1 heterocycles. The lowest BCUT2D eigenvalue weighted by molar-refractivity contribution is 0.129. The highest BCUT2D eigenvalue weighted by Gasteiger charge is 2.42. The molecule has 1 aromatic rings. The summed E-state index contributed by atoms with van der Waals surface area (Å²) in [5.74, 6) is 0.976. The van der Waals surface area contributed by atoms with Crippen LogP contribution in [0.25, 0.3) is 0 Å². The Morgan fingerprint density at radius 2 is 2.00 bits per heavy atom. The van der Waals surface area contributed by atoms with Gasteiger partial charge in [-0.1, -0.05) is 30.3 Å². The van der Waals surface area contributed by atoms with E-state index >= 15 is 0 Å². The molecule has 2 atom stereocenters. The van der Waals surface area contributed by atoms with E-state index in [9.17, 15) is 0 Å². The van der Waals surface area contributed by atoms with Crippen molar-refractivity contribution in [3.05, 3.63) is 35.9 Å². The second kappa shape index (κ2) is 12.1. The van der Waals surface area contributed by atoms with E-state index in [0.29, 0.717) is 17.5 Å². The molecule has 6 heteroatoms. The van der Waals surface area contributed by atoms with E-state index in [4.69, 9.17) is 9.73 Å². The summed E-state index contributed by atoms with van der Waals surface area (Å²) < 4.78 is 5.56. The molecule has 164 valence electrons. The minimum absolute atomic E-state index is 0. The maximum Gasteiger partial charge on any atom is 0.191 e. The zero-order valence-corrected chi connectivity index (χ0v) is 20.7. The van der Waals surface area contributed by atoms with E-state index in [1.54, 1.807) is 0 Å². The quantitative estimate of drug-likeness (QED) is 0.214. The van der Waals surface area contributed by atoms with Crippen LogP contribution in [0.1, 0.15) is 52.0 Å². The Kier molecular flexibility index (Phi) is 10.2. The number of ether oxygens (including phenoxy) is 1. The summed E-state index contributed by atoms with van der Waals surface area (Å²) in [6.07, 6.45) is 4.87. The lowest BCUT2D eigenvalue weighted by atomic mass is 10.0. The fraction of sp³-hybridized carbons (Fsp3) is 0.696. The summed E-state index contributed by atoms with van der Waals surface area (Å²) in [5, 5.41) is 7.14. The Labute approximate surface area is 194 Å². The number of hydrogen-bond donors (Lipinski definition) is 2. The van der Waals surface area contributed by atoms with Gasteiger partial charge in [-0.25, -0.2) is 0 Å². The molecule has 1 aromatic carbocycles. The third-order valence-electron chi connectivity index (χ3n) is 6.13. The van der Waals surface area contributed by atoms with Crippen LogP contribution in [0.4, 0.5) is 0 Å². The Bertz CT molecular complexity index is 621. The molecule has 1 saturated carbocycles. The summed E-state index contributed by atoms with van der Waals surface area (Å²) >= 11 is 0. The maximum atomic E-state index is 5.56. The third-order valence-corrected chi connectivity index (χ3v) is 6.13. The molecule has 2 N–H and O–H groups in total. The average molecular weight is 514 g/mol. The number of nitrogens with one attached hydrogen (secondary N) is 2. The fourth-order valence-corrected chi connectivity index (χ4v) is 4.10. The molecule has 1 aliphatic carbocycles. The van der Waals surface area contributed by atoms with Gasteiger partial charge in [-0.2, -0.15) is 0 Å². The highest BCUT2D eigenvalue weighted by Crippen LogP contribution is 2.49. The summed E-state index contributed by atoms with van der Waals surface area (Å²) in [6.45, 7) is 12.1. The lowest BCUT2D eigenvalue weighted by Gasteiger charge is -2.21. The van der Waals surface area contributed by atoms with Gasteiger partial charge in [0.25, 0.3) is 0 Å². The second-order valence-electron chi connectivity index (χ2n) is 8.48. The summed E-state index contributed by atoms with van der Waals surface area (Å²) in [4.78, 5) is 7.51. The van der Waals surface area contributed by atoms with Crippen LogP contribution >= 0.6 is 24.0 Å². The summed E-state index contributed by atoms with van der Waals surface area (Å²) in [6, 6.07) is 11.8. The van der Waals surface area contributed by atoms with Gasteiger partial charge in [-0.15, -0.1) is 24.0 Å². The first-order valence-corrected chi connectivity index (χ1v) is 11.0. The number of nitrogens with zero attached hydrogens (tertiary/aromatic N) is 2. The molecule has 1 saturated heterocycles. The van der Waals surface area contributed by atoms with Crippen molar-refractivity contribution in [2.45, 2.75) is 65.1 Å². The molecule has 5 nitrogen and oxygen atoms in total. The number of guanidine groups is 1. The van der Waals surface area contributed by atoms with Gasteiger partial charge in [0.15, 0.2) is 5.96 Å². The van der Waals surface area contributed by atoms with E-state index in [1.165, 1.54) is 18.4 Å². The minimum atomic E-state index is 0. The number of likely N-dealkylation sites (tertiary alicyclic amines) is 1. The van der Waals surface area contributed by atoms with Gasteiger partial charge in [0.1, 0.15) is 0 Å². The Morgan fingerprint density at radius 3 is 2.66 bits per heavy atom. The number of rotatable bonds is 10. The van der Waals surface area contributed by atoms with Crippen LogP contribution in [-0.2, 0) is 11.3 Å². The molecule has 0 amide bonds. The van der Waals surface area contributed by atoms with E-state index in [-0.39, 0.29) is 24.0 Å². The predicted octanol–water partition coefficient (Wildman–Crippen LogP) is 4.03. The number of halogens is 1. The standard InChI is InChI=1S/C23H38N4O.HI/c1-4-24-22(25-18-23(11-12-23)13-14-28-5-2)26-21-15-19(3)27(17-21)16-20-9-7-6-8-10-20;/h6-10,19,21H,4-5,11-18H2,1-3H3,(H2,24,25,26);1H. The molecular formula is C23H39IN4O. The van der Waals surface area contributed by atoms with Crippen molar-refractivity contribution in [3.8, 4) is 0 Å². The topological polar surface area (TPSA) is 48.9 Å². The van der Waals surface area contributed by atoms with Gasteiger partial charge < -0.3 is 15.4 Å². The molecule has 3 rings (SSSR count). The zero-order chi connectivity index (χ0) is 19.8. The molecule has 2 aliphatic rings. The molecule has 2 fully saturated rings. The Morgan fingerprint density at radius 1 is 1.24 bits per heavy atom. The van der Waals surface area contributed by atoms with Crippen molar-refractivity contribution < 1.29 is 4.74 Å². The summed E-state index contributed by atoms with van der Waals surface area (Å²) in [5.41, 5.74) is 1.78. The first-order chi connectivity index (χ1) is 13.6. The number of aliphatic imine (C=N–C) groups is 1. The molecule has 0 radical (unpaired) electrons. The molecule has 2 unspecified atom stereocenters. The van der Waals surface area contributed by atoms with Gasteiger partial charge in [-0.05, 0) is 57.4 Å². The molecule has 29 heavy (non-hydrogen) atoms. The zero-order valence-electron chi connectivity index (χ0n) is 18.3. The van der Waals surface area contributed by atoms with Crippen molar-refractivity contribution in [1.82, 2.24) is 15.5 Å². The van der Waals surface area contributed by atoms with Crippen molar-refractivity contribution in [3.63, 3.8) is 0 Å². The van der Waals surface area contributed by atoms with Gasteiger partial charge in [0.05, 0.1) is 0 Å². The second-order valence-corrected chi connectivity index (χ2v) is 8.48. The predicted molar refractivity (Wildman–Crippen MR) is 132 cm³/mol. The third kappa shape index (κ3) is 7.72. The SMILES string of the molecule is CCNC(=NCC1(CCOCC)CC1)NC1CC(C)N(Cc2ccccc2)C1.I. The molecule has 0 spiro atoms. The highest BCUT2D eigenvalue weighted by atomic mass is 127. The molecule has 0 aromatic heterocycles. The van der Waals surface area contributed by atoms with Gasteiger partial charge in [0.2, 0.25) is 0 Å². The van der Waals surface area contributed by atoms with Crippen LogP contribution in [0.15, 0.2) is 35.3 Å². The monoisotopic (exact) mass is 514 g/mol. The smallest absolute Gasteiger partial charge is 0.191 e. The molecule has 1 aliphatic heterocycles. The first kappa shape index (κ1) is 24.4. The van der Waals surface area contributed by atoms with Gasteiger partial charge in [0, 0.05) is 51.5 Å². The van der Waals surface area contributed by atoms with Crippen molar-refractivity contribution in [1.29, 1.82) is 0 Å². The normalized spacial score (nSPS) is 23.5. The van der Waals surface area contributed by atoms with E-state index < -0.39 is 0 Å². The largest absolute Gasteiger partial charge is 0.382 e. The highest BCUT2D eigenvalue weighted by molar-refractivity contribution is 14.0. The van der Waals surface area contributed by atoms with Crippen LogP contribution in [0.3, 0.4) is 0 Å². The van der Waals surface area contributed by atoms with Crippen LogP contribution < -0.4 is 10.6 Å². The van der Waals surface area contributed by atoms with Crippen LogP contribution in [0, 0.1) is 5.41 Å². The number of hydrogen-bond acceptors (Lipinski definition) is 3. The Balaban J connectivity index is 0.00000300.